The fourth-order valence-electron chi connectivity index (χ4n) is 1.35. The van der Waals surface area contributed by atoms with Crippen LogP contribution in [-0.2, 0) is 0 Å². The summed E-state index contributed by atoms with van der Waals surface area (Å²) >= 11 is 0. The Balaban J connectivity index is 0.00000225. The molecular formula is C11H18ClNO3. The van der Waals surface area contributed by atoms with Crippen molar-refractivity contribution in [1.29, 1.82) is 0 Å². The molecule has 1 aromatic carbocycles. The Kier molecular flexibility index (Phi) is 6.18. The fraction of sp³-hybridized carbons (Fsp3) is 0.455. The van der Waals surface area contributed by atoms with Crippen molar-refractivity contribution in [3.8, 4) is 11.5 Å². The highest BCUT2D eigenvalue weighted by Gasteiger charge is 2.17. The molecule has 0 radical (unpaired) electrons. The molecule has 4 nitrogen and oxygen atoms in total. The number of halogens is 1. The molecule has 2 atom stereocenters. The van der Waals surface area contributed by atoms with Gasteiger partial charge in [-0.3, -0.25) is 0 Å². The summed E-state index contributed by atoms with van der Waals surface area (Å²) in [6.45, 7) is 1.74. The highest BCUT2D eigenvalue weighted by molar-refractivity contribution is 5.85. The van der Waals surface area contributed by atoms with E-state index in [1.54, 1.807) is 39.3 Å². The van der Waals surface area contributed by atoms with Crippen LogP contribution >= 0.6 is 12.4 Å². The number of benzene rings is 1. The van der Waals surface area contributed by atoms with E-state index in [0.29, 0.717) is 17.1 Å². The van der Waals surface area contributed by atoms with E-state index in [2.05, 4.69) is 0 Å². The van der Waals surface area contributed by atoms with Crippen molar-refractivity contribution >= 4 is 12.4 Å². The number of methoxy groups -OCH3 is 2. The molecule has 1 rings (SSSR count). The highest BCUT2D eigenvalue weighted by Crippen LogP contribution is 2.30. The van der Waals surface area contributed by atoms with Gasteiger partial charge in [-0.1, -0.05) is 0 Å². The lowest BCUT2D eigenvalue weighted by atomic mass is 10.0. The summed E-state index contributed by atoms with van der Waals surface area (Å²) in [7, 11) is 3.13. The summed E-state index contributed by atoms with van der Waals surface area (Å²) in [6, 6.07) is 4.90. The van der Waals surface area contributed by atoms with Crippen LogP contribution in [-0.4, -0.2) is 25.4 Å². The molecule has 16 heavy (non-hydrogen) atoms. The van der Waals surface area contributed by atoms with Crippen molar-refractivity contribution in [2.45, 2.75) is 19.1 Å². The number of rotatable bonds is 4. The van der Waals surface area contributed by atoms with Crippen LogP contribution in [0, 0.1) is 0 Å². The first kappa shape index (κ1) is 15.0. The van der Waals surface area contributed by atoms with Crippen molar-refractivity contribution in [2.75, 3.05) is 14.2 Å². The van der Waals surface area contributed by atoms with Gasteiger partial charge < -0.3 is 20.3 Å². The highest BCUT2D eigenvalue weighted by atomic mass is 35.5. The first-order valence-corrected chi connectivity index (χ1v) is 4.75. The lowest BCUT2D eigenvalue weighted by molar-refractivity contribution is 0.149. The van der Waals surface area contributed by atoms with Gasteiger partial charge in [0.2, 0.25) is 0 Å². The first-order valence-electron chi connectivity index (χ1n) is 4.75. The zero-order chi connectivity index (χ0) is 11.4. The molecule has 0 saturated carbocycles. The van der Waals surface area contributed by atoms with Crippen molar-refractivity contribution in [2.24, 2.45) is 5.73 Å². The van der Waals surface area contributed by atoms with Gasteiger partial charge in [-0.25, -0.2) is 0 Å². The smallest absolute Gasteiger partial charge is 0.124 e. The van der Waals surface area contributed by atoms with Gasteiger partial charge in [-0.2, -0.15) is 0 Å². The minimum absolute atomic E-state index is 0. The fourth-order valence-corrected chi connectivity index (χ4v) is 1.35. The van der Waals surface area contributed by atoms with Crippen LogP contribution < -0.4 is 15.2 Å². The lowest BCUT2D eigenvalue weighted by Gasteiger charge is -2.18. The molecule has 0 heterocycles. The molecule has 0 amide bonds. The lowest BCUT2D eigenvalue weighted by Crippen LogP contribution is -2.24. The Morgan fingerprint density at radius 1 is 1.25 bits per heavy atom. The molecule has 1 aromatic rings. The predicted octanol–water partition coefficient (Wildman–Crippen LogP) is 1.51. The number of aliphatic hydroxyl groups excluding tert-OH is 1. The topological polar surface area (TPSA) is 64.7 Å². The van der Waals surface area contributed by atoms with Crippen LogP contribution in [0.1, 0.15) is 18.6 Å². The zero-order valence-electron chi connectivity index (χ0n) is 9.64. The number of hydrogen-bond acceptors (Lipinski definition) is 4. The molecule has 5 heteroatoms. The van der Waals surface area contributed by atoms with E-state index in [0.717, 1.165) is 0 Å². The molecule has 0 aromatic heterocycles. The standard InChI is InChI=1S/C11H17NO3.ClH/c1-7(12)11(13)9-6-8(14-2)4-5-10(9)15-3;/h4-7,11,13H,12H2,1-3H3;1H/t7-,11+;/m0./s1. The van der Waals surface area contributed by atoms with Crippen molar-refractivity contribution in [1.82, 2.24) is 0 Å². The van der Waals surface area contributed by atoms with Crippen molar-refractivity contribution in [3.05, 3.63) is 23.8 Å². The summed E-state index contributed by atoms with van der Waals surface area (Å²) in [5, 5.41) is 9.87. The minimum Gasteiger partial charge on any atom is -0.497 e. The van der Waals surface area contributed by atoms with Gasteiger partial charge in [0.15, 0.2) is 0 Å². The molecule has 3 N–H and O–H groups in total. The number of aliphatic hydroxyl groups is 1. The molecule has 0 unspecified atom stereocenters. The largest absolute Gasteiger partial charge is 0.497 e. The number of ether oxygens (including phenoxy) is 2. The van der Waals surface area contributed by atoms with Crippen LogP contribution in [0.5, 0.6) is 11.5 Å². The monoisotopic (exact) mass is 247 g/mol. The maximum absolute atomic E-state index is 9.87. The molecule has 0 aliphatic carbocycles. The van der Waals surface area contributed by atoms with E-state index >= 15 is 0 Å². The average molecular weight is 248 g/mol. The summed E-state index contributed by atoms with van der Waals surface area (Å²) in [6.07, 6.45) is -0.755. The summed E-state index contributed by atoms with van der Waals surface area (Å²) in [4.78, 5) is 0. The Morgan fingerprint density at radius 3 is 2.31 bits per heavy atom. The van der Waals surface area contributed by atoms with Gasteiger partial charge in [-0.05, 0) is 25.1 Å². The van der Waals surface area contributed by atoms with Crippen LogP contribution in [0.3, 0.4) is 0 Å². The third-order valence-corrected chi connectivity index (χ3v) is 2.25. The normalized spacial score (nSPS) is 13.6. The molecule has 0 bridgehead atoms. The first-order chi connectivity index (χ1) is 7.10. The van der Waals surface area contributed by atoms with Crippen LogP contribution in [0.2, 0.25) is 0 Å². The maximum atomic E-state index is 9.87. The third kappa shape index (κ3) is 3.27. The van der Waals surface area contributed by atoms with Crippen LogP contribution in [0.4, 0.5) is 0 Å². The molecule has 0 aliphatic heterocycles. The second kappa shape index (κ2) is 6.58. The molecule has 0 spiro atoms. The number of nitrogens with two attached hydrogens (primary N) is 1. The van der Waals surface area contributed by atoms with E-state index in [9.17, 15) is 5.11 Å². The second-order valence-electron chi connectivity index (χ2n) is 3.41. The van der Waals surface area contributed by atoms with Crippen LogP contribution in [0.15, 0.2) is 18.2 Å². The molecule has 0 saturated heterocycles. The van der Waals surface area contributed by atoms with Crippen molar-refractivity contribution < 1.29 is 14.6 Å². The van der Waals surface area contributed by atoms with Gasteiger partial charge >= 0.3 is 0 Å². The van der Waals surface area contributed by atoms with Gasteiger partial charge in [-0.15, -0.1) is 12.4 Å². The molecule has 0 fully saturated rings. The van der Waals surface area contributed by atoms with E-state index in [1.165, 1.54) is 0 Å². The summed E-state index contributed by atoms with van der Waals surface area (Å²) in [5.41, 5.74) is 6.28. The summed E-state index contributed by atoms with van der Waals surface area (Å²) < 4.78 is 10.2. The minimum atomic E-state index is -0.755. The zero-order valence-corrected chi connectivity index (χ0v) is 10.5. The Morgan fingerprint density at radius 2 is 1.88 bits per heavy atom. The Hall–Kier alpha value is -0.970. The van der Waals surface area contributed by atoms with E-state index in [4.69, 9.17) is 15.2 Å². The SMILES string of the molecule is COc1ccc(OC)c([C@H](O)[C@H](C)N)c1.Cl. The van der Waals surface area contributed by atoms with Crippen LogP contribution in [0.25, 0.3) is 0 Å². The van der Waals surface area contributed by atoms with E-state index in [-0.39, 0.29) is 18.4 Å². The molecule has 0 aliphatic rings. The van der Waals surface area contributed by atoms with Gasteiger partial charge in [0.05, 0.1) is 20.3 Å². The molecular weight excluding hydrogens is 230 g/mol. The van der Waals surface area contributed by atoms with Gasteiger partial charge in [0, 0.05) is 11.6 Å². The van der Waals surface area contributed by atoms with Gasteiger partial charge in [0.1, 0.15) is 11.5 Å². The predicted molar refractivity (Wildman–Crippen MR) is 65.4 cm³/mol. The number of hydrogen-bond donors (Lipinski definition) is 2. The molecule has 92 valence electrons. The average Bonchev–Trinajstić information content (AvgIpc) is 2.27. The Bertz CT molecular complexity index is 331. The van der Waals surface area contributed by atoms with E-state index < -0.39 is 6.10 Å². The van der Waals surface area contributed by atoms with Gasteiger partial charge in [0.25, 0.3) is 0 Å². The quantitative estimate of drug-likeness (QED) is 0.847. The summed E-state index contributed by atoms with van der Waals surface area (Å²) in [5.74, 6) is 1.28. The van der Waals surface area contributed by atoms with Crippen molar-refractivity contribution in [3.63, 3.8) is 0 Å². The van der Waals surface area contributed by atoms with E-state index in [1.807, 2.05) is 0 Å². The third-order valence-electron chi connectivity index (χ3n) is 2.25. The maximum Gasteiger partial charge on any atom is 0.124 e. The second-order valence-corrected chi connectivity index (χ2v) is 3.41. The Labute approximate surface area is 102 Å².